The van der Waals surface area contributed by atoms with Crippen molar-refractivity contribution in [2.75, 3.05) is 5.32 Å². The van der Waals surface area contributed by atoms with E-state index in [0.29, 0.717) is 16.3 Å². The Hall–Kier alpha value is -2.00. The lowest BCUT2D eigenvalue weighted by molar-refractivity contribution is -0.307. The van der Waals surface area contributed by atoms with E-state index in [1.54, 1.807) is 48.5 Å². The molecule has 18 heavy (non-hydrogen) atoms. The predicted octanol–water partition coefficient (Wildman–Crippen LogP) is 2.24. The Bertz CT molecular complexity index is 525. The van der Waals surface area contributed by atoms with Crippen LogP contribution in [-0.4, -0.2) is 5.97 Å². The third kappa shape index (κ3) is 3.02. The number of rotatable bonds is 4. The van der Waals surface area contributed by atoms with Crippen molar-refractivity contribution < 1.29 is 9.90 Å². The molecule has 0 radical (unpaired) electrons. The molecule has 0 aliphatic rings. The van der Waals surface area contributed by atoms with Crippen LogP contribution in [0.1, 0.15) is 11.6 Å². The number of carbonyl (C=O) groups excluding carboxylic acids is 1. The molecule has 4 heteroatoms. The van der Waals surface area contributed by atoms with Crippen molar-refractivity contribution in [3.05, 3.63) is 65.2 Å². The van der Waals surface area contributed by atoms with E-state index in [-0.39, 0.29) is 0 Å². The van der Waals surface area contributed by atoms with E-state index in [2.05, 4.69) is 5.32 Å². The molecule has 2 rings (SSSR count). The van der Waals surface area contributed by atoms with E-state index in [1.165, 1.54) is 0 Å². The molecule has 0 unspecified atom stereocenters. The fourth-order valence-electron chi connectivity index (χ4n) is 1.64. The fraction of sp³-hybridized carbons (Fsp3) is 0.0714. The standard InChI is InChI=1S/C14H12ClNO2/c15-11-6-8-12(9-7-11)16-13(14(17)18)10-4-2-1-3-5-10/h1-9,13,16H,(H,17,18)/p-1/t13-/m0/s1. The molecule has 0 amide bonds. The predicted molar refractivity (Wildman–Crippen MR) is 69.3 cm³/mol. The van der Waals surface area contributed by atoms with E-state index in [4.69, 9.17) is 11.6 Å². The van der Waals surface area contributed by atoms with Gasteiger partial charge in [-0.3, -0.25) is 0 Å². The van der Waals surface area contributed by atoms with Gasteiger partial charge in [0.15, 0.2) is 0 Å². The molecular formula is C14H11ClNO2-. The molecule has 1 atom stereocenters. The molecule has 0 heterocycles. The quantitative estimate of drug-likeness (QED) is 0.917. The Morgan fingerprint density at radius 3 is 2.22 bits per heavy atom. The molecule has 3 nitrogen and oxygen atoms in total. The zero-order valence-corrected chi connectivity index (χ0v) is 10.2. The normalized spacial score (nSPS) is 11.8. The molecule has 0 bridgehead atoms. The molecule has 0 fully saturated rings. The highest BCUT2D eigenvalue weighted by atomic mass is 35.5. The van der Waals surface area contributed by atoms with Gasteiger partial charge < -0.3 is 15.2 Å². The van der Waals surface area contributed by atoms with Crippen molar-refractivity contribution >= 4 is 23.3 Å². The molecule has 92 valence electrons. The number of carboxylic acids is 1. The van der Waals surface area contributed by atoms with Crippen LogP contribution in [0.15, 0.2) is 54.6 Å². The van der Waals surface area contributed by atoms with E-state index >= 15 is 0 Å². The highest BCUT2D eigenvalue weighted by Crippen LogP contribution is 2.20. The van der Waals surface area contributed by atoms with Crippen LogP contribution in [0.4, 0.5) is 5.69 Å². The Kier molecular flexibility index (Phi) is 3.85. The van der Waals surface area contributed by atoms with E-state index in [0.717, 1.165) is 0 Å². The van der Waals surface area contributed by atoms with E-state index in [9.17, 15) is 9.90 Å². The summed E-state index contributed by atoms with van der Waals surface area (Å²) in [7, 11) is 0. The van der Waals surface area contributed by atoms with Gasteiger partial charge in [0.1, 0.15) is 0 Å². The number of benzene rings is 2. The van der Waals surface area contributed by atoms with Gasteiger partial charge >= 0.3 is 0 Å². The molecule has 0 aromatic heterocycles. The summed E-state index contributed by atoms with van der Waals surface area (Å²) in [5, 5.41) is 14.7. The van der Waals surface area contributed by atoms with Gasteiger partial charge in [0.2, 0.25) is 0 Å². The molecule has 0 spiro atoms. The van der Waals surface area contributed by atoms with E-state index < -0.39 is 12.0 Å². The Morgan fingerprint density at radius 1 is 1.06 bits per heavy atom. The summed E-state index contributed by atoms with van der Waals surface area (Å²) in [4.78, 5) is 11.2. The molecule has 0 saturated heterocycles. The van der Waals surface area contributed by atoms with Crippen LogP contribution in [0.25, 0.3) is 0 Å². The number of hydrogen-bond acceptors (Lipinski definition) is 3. The van der Waals surface area contributed by atoms with Gasteiger partial charge in [-0.15, -0.1) is 0 Å². The molecule has 0 saturated carbocycles. The number of hydrogen-bond donors (Lipinski definition) is 1. The first-order chi connectivity index (χ1) is 8.66. The molecule has 2 aromatic carbocycles. The van der Waals surface area contributed by atoms with Crippen LogP contribution < -0.4 is 10.4 Å². The lowest BCUT2D eigenvalue weighted by Crippen LogP contribution is -2.34. The summed E-state index contributed by atoms with van der Waals surface area (Å²) >= 11 is 5.77. The van der Waals surface area contributed by atoms with Crippen LogP contribution in [0, 0.1) is 0 Å². The molecular weight excluding hydrogens is 250 g/mol. The van der Waals surface area contributed by atoms with Gasteiger partial charge in [-0.25, -0.2) is 0 Å². The van der Waals surface area contributed by atoms with Crippen molar-refractivity contribution in [3.8, 4) is 0 Å². The third-order valence-corrected chi connectivity index (χ3v) is 2.78. The van der Waals surface area contributed by atoms with Crippen molar-refractivity contribution in [1.29, 1.82) is 0 Å². The Labute approximate surface area is 110 Å². The van der Waals surface area contributed by atoms with Crippen molar-refractivity contribution in [2.24, 2.45) is 0 Å². The zero-order valence-electron chi connectivity index (χ0n) is 9.47. The Balaban J connectivity index is 2.22. The lowest BCUT2D eigenvalue weighted by atomic mass is 10.1. The maximum Gasteiger partial charge on any atom is 0.0912 e. The maximum atomic E-state index is 11.2. The summed E-state index contributed by atoms with van der Waals surface area (Å²) in [5.74, 6) is -1.17. The third-order valence-electron chi connectivity index (χ3n) is 2.52. The highest BCUT2D eigenvalue weighted by molar-refractivity contribution is 6.30. The number of nitrogens with one attached hydrogen (secondary N) is 1. The Morgan fingerprint density at radius 2 is 1.67 bits per heavy atom. The van der Waals surface area contributed by atoms with Crippen molar-refractivity contribution in [1.82, 2.24) is 0 Å². The summed E-state index contributed by atoms with van der Waals surface area (Å²) < 4.78 is 0. The van der Waals surface area contributed by atoms with Gasteiger partial charge in [-0.2, -0.15) is 0 Å². The molecule has 1 N–H and O–H groups in total. The second-order valence-electron chi connectivity index (χ2n) is 3.81. The van der Waals surface area contributed by atoms with Gasteiger partial charge in [-0.05, 0) is 29.8 Å². The molecule has 0 aliphatic carbocycles. The number of aliphatic carboxylic acids is 1. The first-order valence-electron chi connectivity index (χ1n) is 5.45. The van der Waals surface area contributed by atoms with Crippen LogP contribution in [0.3, 0.4) is 0 Å². The summed E-state index contributed by atoms with van der Waals surface area (Å²) in [6.45, 7) is 0. The molecule has 0 aliphatic heterocycles. The number of halogens is 1. The van der Waals surface area contributed by atoms with Crippen molar-refractivity contribution in [2.45, 2.75) is 6.04 Å². The first-order valence-corrected chi connectivity index (χ1v) is 5.82. The summed E-state index contributed by atoms with van der Waals surface area (Å²) in [5.41, 5.74) is 1.32. The number of carboxylic acid groups (broad SMARTS) is 1. The van der Waals surface area contributed by atoms with Gasteiger partial charge in [0.25, 0.3) is 0 Å². The van der Waals surface area contributed by atoms with Crippen LogP contribution >= 0.6 is 11.6 Å². The lowest BCUT2D eigenvalue weighted by Gasteiger charge is -2.21. The van der Waals surface area contributed by atoms with Crippen LogP contribution in [0.2, 0.25) is 5.02 Å². The van der Waals surface area contributed by atoms with Gasteiger partial charge in [-0.1, -0.05) is 41.9 Å². The first kappa shape index (κ1) is 12.5. The minimum Gasteiger partial charge on any atom is -0.548 e. The van der Waals surface area contributed by atoms with Gasteiger partial charge in [0, 0.05) is 10.7 Å². The maximum absolute atomic E-state index is 11.2. The number of anilines is 1. The monoisotopic (exact) mass is 260 g/mol. The minimum atomic E-state index is -1.17. The minimum absolute atomic E-state index is 0.602. The topological polar surface area (TPSA) is 52.2 Å². The fourth-order valence-corrected chi connectivity index (χ4v) is 1.76. The second kappa shape index (κ2) is 5.56. The summed E-state index contributed by atoms with van der Waals surface area (Å²) in [6, 6.07) is 14.8. The largest absolute Gasteiger partial charge is 0.548 e. The smallest absolute Gasteiger partial charge is 0.0912 e. The average molecular weight is 261 g/mol. The zero-order chi connectivity index (χ0) is 13.0. The van der Waals surface area contributed by atoms with Crippen molar-refractivity contribution in [3.63, 3.8) is 0 Å². The molecule has 2 aromatic rings. The van der Waals surface area contributed by atoms with Gasteiger partial charge in [0.05, 0.1) is 12.0 Å². The average Bonchev–Trinajstić information content (AvgIpc) is 2.38. The van der Waals surface area contributed by atoms with Crippen LogP contribution in [0.5, 0.6) is 0 Å². The van der Waals surface area contributed by atoms with Crippen LogP contribution in [-0.2, 0) is 4.79 Å². The van der Waals surface area contributed by atoms with E-state index in [1.807, 2.05) is 6.07 Å². The SMILES string of the molecule is O=C([O-])[C@@H](Nc1ccc(Cl)cc1)c1ccccc1. The number of carbonyl (C=O) groups is 1. The second-order valence-corrected chi connectivity index (χ2v) is 4.25. The highest BCUT2D eigenvalue weighted by Gasteiger charge is 2.11. The summed E-state index contributed by atoms with van der Waals surface area (Å²) in [6.07, 6.45) is 0.